The normalized spacial score (nSPS) is 13.0. The maximum Gasteiger partial charge on any atom is 0.308 e. The fraction of sp³-hybridized carbons (Fsp3) is 0.900. The van der Waals surface area contributed by atoms with Crippen molar-refractivity contribution >= 4 is 5.97 Å². The Labute approximate surface area is 80.4 Å². The monoisotopic (exact) mass is 188 g/mol. The second-order valence-corrected chi connectivity index (χ2v) is 3.36. The Bertz CT molecular complexity index is 143. The summed E-state index contributed by atoms with van der Waals surface area (Å²) in [4.78, 5) is 11.1. The van der Waals surface area contributed by atoms with Crippen molar-refractivity contribution in [3.05, 3.63) is 0 Å². The van der Waals surface area contributed by atoms with E-state index in [2.05, 4.69) is 0 Å². The molecule has 0 aliphatic carbocycles. The van der Waals surface area contributed by atoms with Crippen molar-refractivity contribution in [2.24, 2.45) is 5.92 Å². The van der Waals surface area contributed by atoms with Gasteiger partial charge in [-0.15, -0.1) is 0 Å². The molecule has 13 heavy (non-hydrogen) atoms. The standard InChI is InChI=1S/C10H20O3/c1-5-12-10(11)9(4)6-7-13-8(2)3/h8-9H,5-7H2,1-4H3/t9-/m0/s1. The van der Waals surface area contributed by atoms with E-state index < -0.39 is 0 Å². The largest absolute Gasteiger partial charge is 0.466 e. The maximum absolute atomic E-state index is 11.1. The minimum atomic E-state index is -0.130. The molecule has 0 N–H and O–H groups in total. The lowest BCUT2D eigenvalue weighted by Gasteiger charge is -2.11. The molecule has 0 aromatic heterocycles. The average Bonchev–Trinajstić information content (AvgIpc) is 2.04. The van der Waals surface area contributed by atoms with Crippen LogP contribution in [0.15, 0.2) is 0 Å². The number of ether oxygens (including phenoxy) is 2. The third-order valence-corrected chi connectivity index (χ3v) is 1.69. The maximum atomic E-state index is 11.1. The van der Waals surface area contributed by atoms with Gasteiger partial charge in [0.25, 0.3) is 0 Å². The molecule has 0 aliphatic rings. The minimum absolute atomic E-state index is 0.0568. The van der Waals surface area contributed by atoms with Crippen LogP contribution in [0, 0.1) is 5.92 Å². The average molecular weight is 188 g/mol. The van der Waals surface area contributed by atoms with E-state index >= 15 is 0 Å². The zero-order valence-corrected chi connectivity index (χ0v) is 9.00. The van der Waals surface area contributed by atoms with E-state index in [9.17, 15) is 4.79 Å². The Kier molecular flexibility index (Phi) is 6.59. The van der Waals surface area contributed by atoms with Crippen LogP contribution in [0.2, 0.25) is 0 Å². The van der Waals surface area contributed by atoms with Crippen molar-refractivity contribution in [3.8, 4) is 0 Å². The lowest BCUT2D eigenvalue weighted by Crippen LogP contribution is -2.17. The van der Waals surface area contributed by atoms with Crippen LogP contribution in [-0.2, 0) is 14.3 Å². The first-order valence-corrected chi connectivity index (χ1v) is 4.86. The molecular weight excluding hydrogens is 168 g/mol. The Hall–Kier alpha value is -0.570. The van der Waals surface area contributed by atoms with E-state index in [0.29, 0.717) is 13.2 Å². The van der Waals surface area contributed by atoms with E-state index in [0.717, 1.165) is 6.42 Å². The zero-order chi connectivity index (χ0) is 10.3. The van der Waals surface area contributed by atoms with E-state index in [1.807, 2.05) is 27.7 Å². The SMILES string of the molecule is CCOC(=O)[C@@H](C)CCOC(C)C. The zero-order valence-electron chi connectivity index (χ0n) is 9.00. The molecular formula is C10H20O3. The van der Waals surface area contributed by atoms with Gasteiger partial charge in [-0.2, -0.15) is 0 Å². The molecule has 0 bridgehead atoms. The predicted molar refractivity (Wildman–Crippen MR) is 51.5 cm³/mol. The number of carbonyl (C=O) groups excluding carboxylic acids is 1. The molecule has 0 unspecified atom stereocenters. The molecule has 0 spiro atoms. The molecule has 0 aromatic carbocycles. The summed E-state index contributed by atoms with van der Waals surface area (Å²) in [6.45, 7) is 8.72. The van der Waals surface area contributed by atoms with E-state index in [1.165, 1.54) is 0 Å². The van der Waals surface area contributed by atoms with Crippen LogP contribution in [-0.4, -0.2) is 25.3 Å². The summed E-state index contributed by atoms with van der Waals surface area (Å²) in [6.07, 6.45) is 0.964. The van der Waals surface area contributed by atoms with Crippen LogP contribution >= 0.6 is 0 Å². The lowest BCUT2D eigenvalue weighted by molar-refractivity contribution is -0.148. The van der Waals surface area contributed by atoms with Crippen molar-refractivity contribution in [1.82, 2.24) is 0 Å². The highest BCUT2D eigenvalue weighted by Crippen LogP contribution is 2.05. The van der Waals surface area contributed by atoms with Gasteiger partial charge in [-0.3, -0.25) is 4.79 Å². The van der Waals surface area contributed by atoms with Gasteiger partial charge in [-0.1, -0.05) is 6.92 Å². The van der Waals surface area contributed by atoms with Crippen molar-refractivity contribution < 1.29 is 14.3 Å². The molecule has 0 aliphatic heterocycles. The molecule has 78 valence electrons. The summed E-state index contributed by atoms with van der Waals surface area (Å²) in [5.41, 5.74) is 0. The van der Waals surface area contributed by atoms with E-state index in [1.54, 1.807) is 0 Å². The summed E-state index contributed by atoms with van der Waals surface area (Å²) in [7, 11) is 0. The second-order valence-electron chi connectivity index (χ2n) is 3.36. The molecule has 0 saturated heterocycles. The lowest BCUT2D eigenvalue weighted by atomic mass is 10.1. The Morgan fingerprint density at radius 2 is 1.92 bits per heavy atom. The molecule has 3 nitrogen and oxygen atoms in total. The summed E-state index contributed by atoms with van der Waals surface area (Å²) in [6, 6.07) is 0. The third-order valence-electron chi connectivity index (χ3n) is 1.69. The van der Waals surface area contributed by atoms with Gasteiger partial charge in [0, 0.05) is 6.61 Å². The van der Waals surface area contributed by atoms with Gasteiger partial charge in [-0.05, 0) is 27.2 Å². The first kappa shape index (κ1) is 12.4. The van der Waals surface area contributed by atoms with Crippen LogP contribution in [0.3, 0.4) is 0 Å². The highest BCUT2D eigenvalue weighted by molar-refractivity contribution is 5.71. The van der Waals surface area contributed by atoms with Gasteiger partial charge in [0.15, 0.2) is 0 Å². The quantitative estimate of drug-likeness (QED) is 0.598. The number of esters is 1. The number of carbonyl (C=O) groups is 1. The molecule has 0 fully saturated rings. The van der Waals surface area contributed by atoms with Crippen molar-refractivity contribution in [3.63, 3.8) is 0 Å². The van der Waals surface area contributed by atoms with Crippen LogP contribution < -0.4 is 0 Å². The Morgan fingerprint density at radius 1 is 1.31 bits per heavy atom. The molecule has 0 heterocycles. The van der Waals surface area contributed by atoms with Gasteiger partial charge < -0.3 is 9.47 Å². The molecule has 0 radical (unpaired) electrons. The smallest absolute Gasteiger partial charge is 0.308 e. The van der Waals surface area contributed by atoms with Crippen molar-refractivity contribution in [2.45, 2.75) is 40.2 Å². The summed E-state index contributed by atoms with van der Waals surface area (Å²) >= 11 is 0. The number of hydrogen-bond acceptors (Lipinski definition) is 3. The van der Waals surface area contributed by atoms with Crippen molar-refractivity contribution in [1.29, 1.82) is 0 Å². The van der Waals surface area contributed by atoms with Crippen LogP contribution in [0.1, 0.15) is 34.1 Å². The Balaban J connectivity index is 3.49. The first-order valence-electron chi connectivity index (χ1n) is 4.86. The van der Waals surface area contributed by atoms with Gasteiger partial charge in [0.2, 0.25) is 0 Å². The highest BCUT2D eigenvalue weighted by Gasteiger charge is 2.13. The molecule has 0 amide bonds. The van der Waals surface area contributed by atoms with Crippen LogP contribution in [0.4, 0.5) is 0 Å². The minimum Gasteiger partial charge on any atom is -0.466 e. The van der Waals surface area contributed by atoms with Crippen molar-refractivity contribution in [2.75, 3.05) is 13.2 Å². The summed E-state index contributed by atoms with van der Waals surface area (Å²) in [5.74, 6) is -0.187. The topological polar surface area (TPSA) is 35.5 Å². The van der Waals surface area contributed by atoms with Crippen LogP contribution in [0.25, 0.3) is 0 Å². The molecule has 0 rings (SSSR count). The van der Waals surface area contributed by atoms with E-state index in [-0.39, 0.29) is 18.0 Å². The molecule has 1 atom stereocenters. The van der Waals surface area contributed by atoms with E-state index in [4.69, 9.17) is 9.47 Å². The first-order chi connectivity index (χ1) is 6.07. The fourth-order valence-electron chi connectivity index (χ4n) is 0.883. The summed E-state index contributed by atoms with van der Waals surface area (Å²) in [5, 5.41) is 0. The van der Waals surface area contributed by atoms with Gasteiger partial charge in [-0.25, -0.2) is 0 Å². The highest BCUT2D eigenvalue weighted by atomic mass is 16.5. The molecule has 3 heteroatoms. The Morgan fingerprint density at radius 3 is 2.38 bits per heavy atom. The van der Waals surface area contributed by atoms with Crippen LogP contribution in [0.5, 0.6) is 0 Å². The molecule has 0 saturated carbocycles. The van der Waals surface area contributed by atoms with Gasteiger partial charge >= 0.3 is 5.97 Å². The number of hydrogen-bond donors (Lipinski definition) is 0. The predicted octanol–water partition coefficient (Wildman–Crippen LogP) is 2.00. The van der Waals surface area contributed by atoms with Gasteiger partial charge in [0.1, 0.15) is 0 Å². The van der Waals surface area contributed by atoms with Gasteiger partial charge in [0.05, 0.1) is 18.6 Å². The third kappa shape index (κ3) is 6.58. The number of rotatable bonds is 6. The summed E-state index contributed by atoms with van der Waals surface area (Å²) < 4.78 is 10.2. The second kappa shape index (κ2) is 6.89. The fourth-order valence-corrected chi connectivity index (χ4v) is 0.883. The molecule has 0 aromatic rings.